The molecule has 0 radical (unpaired) electrons. The van der Waals surface area contributed by atoms with Crippen LogP contribution in [-0.2, 0) is 9.53 Å². The van der Waals surface area contributed by atoms with Crippen molar-refractivity contribution in [3.05, 3.63) is 0 Å². The smallest absolute Gasteiger partial charge is 0.248 e. The van der Waals surface area contributed by atoms with E-state index >= 15 is 0 Å². The first-order chi connectivity index (χ1) is 7.51. The fourth-order valence-electron chi connectivity index (χ4n) is 2.00. The van der Waals surface area contributed by atoms with Crippen LogP contribution in [0.25, 0.3) is 0 Å². The number of hydrogen-bond acceptors (Lipinski definition) is 3. The molecule has 0 atom stereocenters. The largest absolute Gasteiger partial charge is 0.375 e. The molecule has 0 aromatic carbocycles. The lowest BCUT2D eigenvalue weighted by Gasteiger charge is -2.43. The molecule has 1 saturated heterocycles. The van der Waals surface area contributed by atoms with Crippen molar-refractivity contribution >= 4 is 5.91 Å². The van der Waals surface area contributed by atoms with Crippen molar-refractivity contribution in [2.45, 2.75) is 32.7 Å². The standard InChI is InChI=1S/C12H24N2O2/c1-5-12(2,3)14-8-6-13(7-9-14)11(15)10-16-4/h5-10H2,1-4H3. The Balaban J connectivity index is 2.42. The van der Waals surface area contributed by atoms with Gasteiger partial charge in [0.1, 0.15) is 6.61 Å². The molecule has 16 heavy (non-hydrogen) atoms. The van der Waals surface area contributed by atoms with Gasteiger partial charge in [-0.2, -0.15) is 0 Å². The van der Waals surface area contributed by atoms with Crippen LogP contribution in [0, 0.1) is 0 Å². The molecule has 0 N–H and O–H groups in total. The Bertz CT molecular complexity index is 233. The number of amides is 1. The molecule has 0 aromatic rings. The van der Waals surface area contributed by atoms with Crippen LogP contribution in [-0.4, -0.2) is 61.1 Å². The molecular formula is C12H24N2O2. The van der Waals surface area contributed by atoms with E-state index in [2.05, 4.69) is 25.7 Å². The fraction of sp³-hybridized carbons (Fsp3) is 0.917. The van der Waals surface area contributed by atoms with Crippen LogP contribution >= 0.6 is 0 Å². The van der Waals surface area contributed by atoms with E-state index in [0.29, 0.717) is 0 Å². The quantitative estimate of drug-likeness (QED) is 0.718. The monoisotopic (exact) mass is 228 g/mol. The van der Waals surface area contributed by atoms with Gasteiger partial charge in [0, 0.05) is 38.8 Å². The highest BCUT2D eigenvalue weighted by molar-refractivity contribution is 5.77. The first-order valence-electron chi connectivity index (χ1n) is 6.03. The SMILES string of the molecule is CCC(C)(C)N1CCN(C(=O)COC)CC1. The second-order valence-electron chi connectivity index (χ2n) is 4.97. The predicted molar refractivity (Wildman–Crippen MR) is 64.4 cm³/mol. The highest BCUT2D eigenvalue weighted by Gasteiger charge is 2.29. The highest BCUT2D eigenvalue weighted by atomic mass is 16.5. The van der Waals surface area contributed by atoms with Crippen molar-refractivity contribution in [1.29, 1.82) is 0 Å². The van der Waals surface area contributed by atoms with E-state index < -0.39 is 0 Å². The Morgan fingerprint density at radius 3 is 2.25 bits per heavy atom. The number of hydrogen-bond donors (Lipinski definition) is 0. The normalized spacial score (nSPS) is 18.9. The van der Waals surface area contributed by atoms with Crippen LogP contribution in [0.5, 0.6) is 0 Å². The van der Waals surface area contributed by atoms with Crippen LogP contribution in [0.1, 0.15) is 27.2 Å². The zero-order valence-corrected chi connectivity index (χ0v) is 11.0. The minimum Gasteiger partial charge on any atom is -0.375 e. The summed E-state index contributed by atoms with van der Waals surface area (Å²) in [5, 5.41) is 0. The van der Waals surface area contributed by atoms with Gasteiger partial charge in [-0.3, -0.25) is 9.69 Å². The number of carbonyl (C=O) groups excluding carboxylic acids is 1. The Hall–Kier alpha value is -0.610. The Morgan fingerprint density at radius 1 is 1.25 bits per heavy atom. The molecule has 1 fully saturated rings. The second-order valence-corrected chi connectivity index (χ2v) is 4.97. The zero-order chi connectivity index (χ0) is 12.2. The fourth-order valence-corrected chi connectivity index (χ4v) is 2.00. The Kier molecular flexibility index (Phi) is 4.74. The van der Waals surface area contributed by atoms with E-state index in [1.165, 1.54) is 0 Å². The minimum atomic E-state index is 0.108. The zero-order valence-electron chi connectivity index (χ0n) is 11.0. The molecule has 0 unspecified atom stereocenters. The summed E-state index contributed by atoms with van der Waals surface area (Å²) < 4.78 is 4.87. The first kappa shape index (κ1) is 13.5. The molecule has 94 valence electrons. The molecule has 4 heteroatoms. The lowest BCUT2D eigenvalue weighted by Crippen LogP contribution is -2.56. The molecule has 1 aliphatic heterocycles. The van der Waals surface area contributed by atoms with E-state index in [1.807, 2.05) is 4.90 Å². The number of methoxy groups -OCH3 is 1. The highest BCUT2D eigenvalue weighted by Crippen LogP contribution is 2.20. The van der Waals surface area contributed by atoms with E-state index in [-0.39, 0.29) is 18.1 Å². The summed E-state index contributed by atoms with van der Waals surface area (Å²) in [4.78, 5) is 16.0. The number of carbonyl (C=O) groups is 1. The first-order valence-corrected chi connectivity index (χ1v) is 6.03. The molecule has 1 heterocycles. The number of nitrogens with zero attached hydrogens (tertiary/aromatic N) is 2. The molecule has 1 aliphatic rings. The molecule has 1 amide bonds. The molecule has 0 saturated carbocycles. The molecule has 0 bridgehead atoms. The third-order valence-electron chi connectivity index (χ3n) is 3.62. The van der Waals surface area contributed by atoms with Crippen LogP contribution in [0.4, 0.5) is 0 Å². The summed E-state index contributed by atoms with van der Waals surface area (Å²) in [6.45, 7) is 10.5. The van der Waals surface area contributed by atoms with E-state index in [1.54, 1.807) is 7.11 Å². The van der Waals surface area contributed by atoms with Gasteiger partial charge in [0.2, 0.25) is 5.91 Å². The van der Waals surface area contributed by atoms with Gasteiger partial charge in [-0.1, -0.05) is 6.92 Å². The lowest BCUT2D eigenvalue weighted by atomic mass is 9.98. The maximum atomic E-state index is 11.6. The Labute approximate surface area is 98.5 Å². The third-order valence-corrected chi connectivity index (χ3v) is 3.62. The van der Waals surface area contributed by atoms with E-state index in [4.69, 9.17) is 4.74 Å². The summed E-state index contributed by atoms with van der Waals surface area (Å²) in [6.07, 6.45) is 1.14. The van der Waals surface area contributed by atoms with Crippen LogP contribution < -0.4 is 0 Å². The van der Waals surface area contributed by atoms with Crippen molar-refractivity contribution in [2.75, 3.05) is 39.9 Å². The lowest BCUT2D eigenvalue weighted by molar-refractivity contribution is -0.137. The topological polar surface area (TPSA) is 32.8 Å². The van der Waals surface area contributed by atoms with Crippen LogP contribution in [0.2, 0.25) is 0 Å². The summed E-state index contributed by atoms with van der Waals surface area (Å²) in [6, 6.07) is 0. The Morgan fingerprint density at radius 2 is 1.81 bits per heavy atom. The molecule has 1 rings (SSSR count). The van der Waals surface area contributed by atoms with Gasteiger partial charge in [0.15, 0.2) is 0 Å². The van der Waals surface area contributed by atoms with Gasteiger partial charge >= 0.3 is 0 Å². The average molecular weight is 228 g/mol. The van der Waals surface area contributed by atoms with Crippen molar-refractivity contribution in [3.8, 4) is 0 Å². The van der Waals surface area contributed by atoms with Gasteiger partial charge in [0.05, 0.1) is 0 Å². The molecule has 0 aliphatic carbocycles. The molecule has 0 spiro atoms. The van der Waals surface area contributed by atoms with Crippen molar-refractivity contribution in [3.63, 3.8) is 0 Å². The van der Waals surface area contributed by atoms with Crippen molar-refractivity contribution in [2.24, 2.45) is 0 Å². The van der Waals surface area contributed by atoms with Gasteiger partial charge < -0.3 is 9.64 Å². The number of ether oxygens (including phenoxy) is 1. The van der Waals surface area contributed by atoms with Gasteiger partial charge in [-0.05, 0) is 20.3 Å². The van der Waals surface area contributed by atoms with Crippen molar-refractivity contribution < 1.29 is 9.53 Å². The summed E-state index contributed by atoms with van der Waals surface area (Å²) in [7, 11) is 1.56. The second kappa shape index (κ2) is 5.64. The summed E-state index contributed by atoms with van der Waals surface area (Å²) in [5.41, 5.74) is 0.246. The maximum Gasteiger partial charge on any atom is 0.248 e. The minimum absolute atomic E-state index is 0.108. The summed E-state index contributed by atoms with van der Waals surface area (Å²) >= 11 is 0. The van der Waals surface area contributed by atoms with Crippen LogP contribution in [0.3, 0.4) is 0 Å². The number of piperazine rings is 1. The predicted octanol–water partition coefficient (Wildman–Crippen LogP) is 0.966. The van der Waals surface area contributed by atoms with Gasteiger partial charge in [0.25, 0.3) is 0 Å². The molecule has 4 nitrogen and oxygen atoms in total. The van der Waals surface area contributed by atoms with Gasteiger partial charge in [-0.25, -0.2) is 0 Å². The van der Waals surface area contributed by atoms with Gasteiger partial charge in [-0.15, -0.1) is 0 Å². The number of rotatable bonds is 4. The van der Waals surface area contributed by atoms with Crippen LogP contribution in [0.15, 0.2) is 0 Å². The molecular weight excluding hydrogens is 204 g/mol. The maximum absolute atomic E-state index is 11.6. The van der Waals surface area contributed by atoms with Crippen molar-refractivity contribution in [1.82, 2.24) is 9.80 Å². The molecule has 0 aromatic heterocycles. The average Bonchev–Trinajstić information content (AvgIpc) is 2.29. The third kappa shape index (κ3) is 3.19. The summed E-state index contributed by atoms with van der Waals surface area (Å²) in [5.74, 6) is 0.108. The van der Waals surface area contributed by atoms with E-state index in [0.717, 1.165) is 32.6 Å². The van der Waals surface area contributed by atoms with E-state index in [9.17, 15) is 4.79 Å².